The van der Waals surface area contributed by atoms with E-state index >= 15 is 0 Å². The third-order valence-corrected chi connectivity index (χ3v) is 2.32. The van der Waals surface area contributed by atoms with Crippen LogP contribution in [0.15, 0.2) is 35.4 Å². The van der Waals surface area contributed by atoms with E-state index in [4.69, 9.17) is 0 Å². The van der Waals surface area contributed by atoms with Gasteiger partial charge in [0.25, 0.3) is 0 Å². The van der Waals surface area contributed by atoms with Crippen LogP contribution in [0.4, 0.5) is 5.69 Å². The Morgan fingerprint density at radius 1 is 1.27 bits per heavy atom. The fourth-order valence-corrected chi connectivity index (χ4v) is 1.05. The molecule has 0 fully saturated rings. The number of anilines is 1. The Hall–Kier alpha value is -1.35. The van der Waals surface area contributed by atoms with Gasteiger partial charge in [0.15, 0.2) is 0 Å². The van der Waals surface area contributed by atoms with Gasteiger partial charge < -0.3 is 5.11 Å². The largest absolute Gasteiger partial charge is 0.384 e. The van der Waals surface area contributed by atoms with E-state index < -0.39 is 5.60 Å². The Kier molecular flexibility index (Phi) is 3.48. The van der Waals surface area contributed by atoms with E-state index in [1.165, 1.54) is 0 Å². The van der Waals surface area contributed by atoms with Crippen LogP contribution in [0.25, 0.3) is 0 Å². The molecule has 82 valence electrons. The van der Waals surface area contributed by atoms with Crippen molar-refractivity contribution in [2.75, 3.05) is 12.1 Å². The maximum atomic E-state index is 9.72. The molecule has 0 atom stereocenters. The second kappa shape index (κ2) is 4.45. The van der Waals surface area contributed by atoms with Crippen molar-refractivity contribution in [1.82, 2.24) is 0 Å². The highest BCUT2D eigenvalue weighted by Gasteiger charge is 2.17. The molecule has 0 saturated carbocycles. The molecule has 0 radical (unpaired) electrons. The number of hydrazone groups is 1. The molecule has 0 aliphatic rings. The maximum absolute atomic E-state index is 9.72. The van der Waals surface area contributed by atoms with Crippen LogP contribution in [-0.2, 0) is 0 Å². The van der Waals surface area contributed by atoms with Crippen LogP contribution in [0, 0.1) is 0 Å². The monoisotopic (exact) mass is 206 g/mol. The van der Waals surface area contributed by atoms with Gasteiger partial charge in [-0.25, -0.2) is 0 Å². The number of aliphatic hydroxyl groups is 1. The molecule has 1 N–H and O–H groups in total. The van der Waals surface area contributed by atoms with Gasteiger partial charge in [-0.3, -0.25) is 5.01 Å². The minimum absolute atomic E-state index is 0.689. The van der Waals surface area contributed by atoms with E-state index in [1.54, 1.807) is 18.9 Å². The Labute approximate surface area is 91.0 Å². The van der Waals surface area contributed by atoms with E-state index in [0.29, 0.717) is 5.71 Å². The number of benzene rings is 1. The van der Waals surface area contributed by atoms with Gasteiger partial charge in [-0.05, 0) is 32.9 Å². The average Bonchev–Trinajstić information content (AvgIpc) is 2.17. The standard InChI is InChI=1S/C12H18N2O/c1-10(12(2,3)15)13-14(4)11-8-6-5-7-9-11/h5-9,15H,1-4H3/b13-10+. The summed E-state index contributed by atoms with van der Waals surface area (Å²) in [6, 6.07) is 9.83. The summed E-state index contributed by atoms with van der Waals surface area (Å²) in [6.45, 7) is 5.27. The molecule has 0 bridgehead atoms. The fourth-order valence-electron chi connectivity index (χ4n) is 1.05. The number of nitrogens with zero attached hydrogens (tertiary/aromatic N) is 2. The first-order valence-corrected chi connectivity index (χ1v) is 4.98. The van der Waals surface area contributed by atoms with E-state index in [9.17, 15) is 5.11 Å². The number of hydrogen-bond donors (Lipinski definition) is 1. The van der Waals surface area contributed by atoms with Crippen molar-refractivity contribution in [3.05, 3.63) is 30.3 Å². The summed E-state index contributed by atoms with van der Waals surface area (Å²) in [5.74, 6) is 0. The van der Waals surface area contributed by atoms with Gasteiger partial charge in [0, 0.05) is 7.05 Å². The summed E-state index contributed by atoms with van der Waals surface area (Å²) in [5.41, 5.74) is 0.818. The summed E-state index contributed by atoms with van der Waals surface area (Å²) >= 11 is 0. The zero-order chi connectivity index (χ0) is 11.5. The predicted molar refractivity (Wildman–Crippen MR) is 64.3 cm³/mol. The Bertz CT molecular complexity index is 338. The molecule has 3 heteroatoms. The highest BCUT2D eigenvalue weighted by atomic mass is 16.3. The lowest BCUT2D eigenvalue weighted by atomic mass is 10.1. The van der Waals surface area contributed by atoms with Crippen molar-refractivity contribution < 1.29 is 5.11 Å². The van der Waals surface area contributed by atoms with Crippen LogP contribution < -0.4 is 5.01 Å². The SMILES string of the molecule is C/C(=N\N(C)c1ccccc1)C(C)(C)O. The minimum atomic E-state index is -0.872. The third-order valence-electron chi connectivity index (χ3n) is 2.32. The molecule has 1 aromatic carbocycles. The molecule has 3 nitrogen and oxygen atoms in total. The predicted octanol–water partition coefficient (Wildman–Crippen LogP) is 2.27. The molecule has 0 spiro atoms. The lowest BCUT2D eigenvalue weighted by Crippen LogP contribution is -2.31. The number of para-hydroxylation sites is 1. The quantitative estimate of drug-likeness (QED) is 0.608. The molecule has 1 aromatic rings. The summed E-state index contributed by atoms with van der Waals surface area (Å²) in [5, 5.41) is 15.8. The summed E-state index contributed by atoms with van der Waals surface area (Å²) in [6.07, 6.45) is 0. The van der Waals surface area contributed by atoms with Crippen LogP contribution in [0.5, 0.6) is 0 Å². The van der Waals surface area contributed by atoms with Crippen molar-refractivity contribution >= 4 is 11.4 Å². The molecule has 0 aliphatic heterocycles. The Morgan fingerprint density at radius 2 is 1.80 bits per heavy atom. The van der Waals surface area contributed by atoms with Crippen LogP contribution in [0.3, 0.4) is 0 Å². The number of rotatable bonds is 3. The van der Waals surface area contributed by atoms with Crippen molar-refractivity contribution in [3.63, 3.8) is 0 Å². The molecule has 0 aliphatic carbocycles. The van der Waals surface area contributed by atoms with Crippen LogP contribution in [0.2, 0.25) is 0 Å². The van der Waals surface area contributed by atoms with Gasteiger partial charge in [0.05, 0.1) is 17.0 Å². The molecule has 0 unspecified atom stereocenters. The average molecular weight is 206 g/mol. The zero-order valence-electron chi connectivity index (χ0n) is 9.73. The van der Waals surface area contributed by atoms with E-state index in [0.717, 1.165) is 5.69 Å². The molecular formula is C12H18N2O. The lowest BCUT2D eigenvalue weighted by molar-refractivity contribution is 0.153. The van der Waals surface area contributed by atoms with Crippen molar-refractivity contribution in [2.24, 2.45) is 5.10 Å². The molecule has 0 heterocycles. The Morgan fingerprint density at radius 3 is 2.27 bits per heavy atom. The van der Waals surface area contributed by atoms with Crippen LogP contribution in [-0.4, -0.2) is 23.5 Å². The highest BCUT2D eigenvalue weighted by Crippen LogP contribution is 2.13. The third kappa shape index (κ3) is 3.36. The highest BCUT2D eigenvalue weighted by molar-refractivity contribution is 5.90. The van der Waals surface area contributed by atoms with Gasteiger partial charge in [-0.2, -0.15) is 5.10 Å². The molecule has 0 aromatic heterocycles. The van der Waals surface area contributed by atoms with Gasteiger partial charge in [0.2, 0.25) is 0 Å². The summed E-state index contributed by atoms with van der Waals surface area (Å²) in [4.78, 5) is 0. The minimum Gasteiger partial charge on any atom is -0.384 e. The first-order valence-electron chi connectivity index (χ1n) is 4.98. The lowest BCUT2D eigenvalue weighted by Gasteiger charge is -2.20. The normalized spacial score (nSPS) is 12.7. The second-order valence-electron chi connectivity index (χ2n) is 4.10. The number of hydrogen-bond acceptors (Lipinski definition) is 3. The van der Waals surface area contributed by atoms with Gasteiger partial charge in [-0.1, -0.05) is 18.2 Å². The van der Waals surface area contributed by atoms with Gasteiger partial charge in [0.1, 0.15) is 0 Å². The van der Waals surface area contributed by atoms with Gasteiger partial charge in [-0.15, -0.1) is 0 Å². The van der Waals surface area contributed by atoms with E-state index in [1.807, 2.05) is 44.3 Å². The molecule has 15 heavy (non-hydrogen) atoms. The zero-order valence-corrected chi connectivity index (χ0v) is 9.73. The van der Waals surface area contributed by atoms with Crippen molar-refractivity contribution in [2.45, 2.75) is 26.4 Å². The van der Waals surface area contributed by atoms with Crippen molar-refractivity contribution in [1.29, 1.82) is 0 Å². The second-order valence-corrected chi connectivity index (χ2v) is 4.10. The molecule has 0 saturated heterocycles. The molecule has 0 amide bonds. The molecule has 1 rings (SSSR count). The maximum Gasteiger partial charge on any atom is 0.0985 e. The van der Waals surface area contributed by atoms with Gasteiger partial charge >= 0.3 is 0 Å². The topological polar surface area (TPSA) is 35.8 Å². The fraction of sp³-hybridized carbons (Fsp3) is 0.417. The van der Waals surface area contributed by atoms with E-state index in [2.05, 4.69) is 5.10 Å². The molecular weight excluding hydrogens is 188 g/mol. The first-order chi connectivity index (χ1) is 6.91. The summed E-state index contributed by atoms with van der Waals surface area (Å²) < 4.78 is 0. The Balaban J connectivity index is 2.84. The first kappa shape index (κ1) is 11.7. The summed E-state index contributed by atoms with van der Waals surface area (Å²) in [7, 11) is 1.87. The van der Waals surface area contributed by atoms with Crippen molar-refractivity contribution in [3.8, 4) is 0 Å². The van der Waals surface area contributed by atoms with E-state index in [-0.39, 0.29) is 0 Å². The van der Waals surface area contributed by atoms with Crippen LogP contribution in [0.1, 0.15) is 20.8 Å². The van der Waals surface area contributed by atoms with Crippen LogP contribution >= 0.6 is 0 Å². The smallest absolute Gasteiger partial charge is 0.0985 e.